The van der Waals surface area contributed by atoms with Crippen molar-refractivity contribution in [1.29, 1.82) is 0 Å². The Morgan fingerprint density at radius 1 is 1.27 bits per heavy atom. The normalized spacial score (nSPS) is 17.0. The van der Waals surface area contributed by atoms with Gasteiger partial charge < -0.3 is 4.90 Å². The van der Waals surface area contributed by atoms with Gasteiger partial charge in [0.15, 0.2) is 4.96 Å². The van der Waals surface area contributed by atoms with Gasteiger partial charge in [0.2, 0.25) is 0 Å². The summed E-state index contributed by atoms with van der Waals surface area (Å²) >= 11 is 1.44. The van der Waals surface area contributed by atoms with Crippen LogP contribution in [0.2, 0.25) is 0 Å². The van der Waals surface area contributed by atoms with Gasteiger partial charge in [-0.05, 0) is 43.9 Å². The number of thiazole rings is 1. The number of nitrogens with zero attached hydrogens (tertiary/aromatic N) is 5. The first kappa shape index (κ1) is 19.0. The number of rotatable bonds is 5. The summed E-state index contributed by atoms with van der Waals surface area (Å²) in [6.45, 7) is 1.57. The molecule has 8 heteroatoms. The van der Waals surface area contributed by atoms with E-state index in [0.717, 1.165) is 43.7 Å². The molecule has 0 N–H and O–H groups in total. The van der Waals surface area contributed by atoms with Crippen LogP contribution in [-0.4, -0.2) is 42.6 Å². The van der Waals surface area contributed by atoms with Crippen molar-refractivity contribution in [1.82, 2.24) is 24.1 Å². The molecule has 0 aliphatic carbocycles. The maximum atomic E-state index is 13.6. The van der Waals surface area contributed by atoms with Gasteiger partial charge in [-0.25, -0.2) is 9.37 Å². The minimum atomic E-state index is -0.298. The smallest absolute Gasteiger partial charge is 0.271 e. The Morgan fingerprint density at radius 3 is 3.03 bits per heavy atom. The lowest BCUT2D eigenvalue weighted by molar-refractivity contribution is 0.0587. The second-order valence-corrected chi connectivity index (χ2v) is 8.45. The largest absolute Gasteiger partial charge is 0.334 e. The fraction of sp³-hybridized carbons (Fsp3) is 0.318. The third kappa shape index (κ3) is 3.63. The molecule has 3 aromatic heterocycles. The number of piperidine rings is 1. The SMILES string of the molecule is O=C(c1csc2nc(-c3cccc(F)c3)cn12)N1CCCCC1CCn1cccn1. The highest BCUT2D eigenvalue weighted by atomic mass is 32.1. The standard InChI is InChI=1S/C22H22FN5OS/c23-17-6-3-5-16(13-17)19-14-28-20(15-30-22(28)25-19)21(29)27-11-2-1-7-18(27)8-12-26-10-4-9-24-26/h3-6,9-10,13-15,18H,1-2,7-8,11-12H2. The molecule has 1 aliphatic heterocycles. The van der Waals surface area contributed by atoms with Gasteiger partial charge in [0.1, 0.15) is 11.5 Å². The van der Waals surface area contributed by atoms with Crippen LogP contribution in [0.25, 0.3) is 16.2 Å². The van der Waals surface area contributed by atoms with Gasteiger partial charge in [-0.3, -0.25) is 13.9 Å². The molecule has 4 aromatic rings. The molecule has 1 fully saturated rings. The molecule has 0 saturated carbocycles. The second kappa shape index (κ2) is 8.02. The zero-order valence-electron chi connectivity index (χ0n) is 16.4. The Bertz CT molecular complexity index is 1170. The molecule has 1 saturated heterocycles. The van der Waals surface area contributed by atoms with Crippen LogP contribution in [0.5, 0.6) is 0 Å². The Hall–Kier alpha value is -3.00. The third-order valence-corrected chi connectivity index (χ3v) is 6.53. The average molecular weight is 424 g/mol. The first-order chi connectivity index (χ1) is 14.7. The van der Waals surface area contributed by atoms with Crippen molar-refractivity contribution in [2.75, 3.05) is 6.54 Å². The predicted octanol–water partition coefficient (Wildman–Crippen LogP) is 4.48. The number of halogens is 1. The van der Waals surface area contributed by atoms with E-state index in [2.05, 4.69) is 10.1 Å². The first-order valence-electron chi connectivity index (χ1n) is 10.2. The summed E-state index contributed by atoms with van der Waals surface area (Å²) in [4.78, 5) is 20.8. The Labute approximate surface area is 177 Å². The molecule has 1 atom stereocenters. The van der Waals surface area contributed by atoms with Crippen molar-refractivity contribution < 1.29 is 9.18 Å². The molecular weight excluding hydrogens is 401 g/mol. The number of carbonyl (C=O) groups is 1. The van der Waals surface area contributed by atoms with E-state index in [4.69, 9.17) is 0 Å². The Kier molecular flexibility index (Phi) is 5.08. The van der Waals surface area contributed by atoms with Crippen LogP contribution < -0.4 is 0 Å². The monoisotopic (exact) mass is 423 g/mol. The summed E-state index contributed by atoms with van der Waals surface area (Å²) in [6, 6.07) is 8.49. The average Bonchev–Trinajstić information content (AvgIpc) is 3.49. The second-order valence-electron chi connectivity index (χ2n) is 7.62. The van der Waals surface area contributed by atoms with Crippen molar-refractivity contribution in [3.8, 4) is 11.3 Å². The number of benzene rings is 1. The summed E-state index contributed by atoms with van der Waals surface area (Å²) in [5, 5.41) is 6.15. The zero-order chi connectivity index (χ0) is 20.5. The topological polar surface area (TPSA) is 55.4 Å². The summed E-state index contributed by atoms with van der Waals surface area (Å²) in [5.41, 5.74) is 2.00. The van der Waals surface area contributed by atoms with E-state index in [0.29, 0.717) is 17.0 Å². The van der Waals surface area contributed by atoms with Crippen LogP contribution in [0.3, 0.4) is 0 Å². The number of hydrogen-bond acceptors (Lipinski definition) is 4. The first-order valence-corrected chi connectivity index (χ1v) is 11.1. The van der Waals surface area contributed by atoms with Gasteiger partial charge in [-0.1, -0.05) is 12.1 Å². The van der Waals surface area contributed by atoms with Gasteiger partial charge >= 0.3 is 0 Å². The minimum Gasteiger partial charge on any atom is -0.334 e. The lowest BCUT2D eigenvalue weighted by atomic mass is 9.99. The lowest BCUT2D eigenvalue weighted by Crippen LogP contribution is -2.44. The van der Waals surface area contributed by atoms with Gasteiger partial charge in [0.25, 0.3) is 5.91 Å². The molecule has 1 aliphatic rings. The number of amides is 1. The third-order valence-electron chi connectivity index (χ3n) is 5.69. The molecule has 1 unspecified atom stereocenters. The van der Waals surface area contributed by atoms with E-state index < -0.39 is 0 Å². The molecule has 0 bridgehead atoms. The van der Waals surface area contributed by atoms with E-state index in [1.807, 2.05) is 43.9 Å². The van der Waals surface area contributed by atoms with Crippen LogP contribution >= 0.6 is 11.3 Å². The number of aromatic nitrogens is 4. The van der Waals surface area contributed by atoms with Crippen molar-refractivity contribution in [2.45, 2.75) is 38.3 Å². The van der Waals surface area contributed by atoms with Crippen LogP contribution in [-0.2, 0) is 6.54 Å². The maximum Gasteiger partial charge on any atom is 0.271 e. The molecule has 1 aromatic carbocycles. The lowest BCUT2D eigenvalue weighted by Gasteiger charge is -2.35. The quantitative estimate of drug-likeness (QED) is 0.475. The number of aryl methyl sites for hydroxylation is 1. The van der Waals surface area contributed by atoms with Crippen molar-refractivity contribution >= 4 is 22.2 Å². The van der Waals surface area contributed by atoms with E-state index in [9.17, 15) is 9.18 Å². The number of likely N-dealkylation sites (tertiary alicyclic amines) is 1. The number of carbonyl (C=O) groups excluding carboxylic acids is 1. The highest BCUT2D eigenvalue weighted by Gasteiger charge is 2.29. The van der Waals surface area contributed by atoms with Crippen LogP contribution in [0.4, 0.5) is 4.39 Å². The molecular formula is C22H22FN5OS. The van der Waals surface area contributed by atoms with Crippen LogP contribution in [0.1, 0.15) is 36.2 Å². The van der Waals surface area contributed by atoms with Crippen LogP contribution in [0.15, 0.2) is 54.3 Å². The number of fused-ring (bicyclic) bond motifs is 1. The number of hydrogen-bond donors (Lipinski definition) is 0. The zero-order valence-corrected chi connectivity index (χ0v) is 17.3. The number of imidazole rings is 1. The molecule has 1 amide bonds. The van der Waals surface area contributed by atoms with Crippen molar-refractivity contribution in [3.05, 3.63) is 65.8 Å². The van der Waals surface area contributed by atoms with E-state index in [-0.39, 0.29) is 17.8 Å². The molecule has 0 spiro atoms. The molecule has 0 radical (unpaired) electrons. The van der Waals surface area contributed by atoms with Crippen molar-refractivity contribution in [2.24, 2.45) is 0 Å². The molecule has 154 valence electrons. The molecule has 4 heterocycles. The van der Waals surface area contributed by atoms with E-state index in [1.54, 1.807) is 12.3 Å². The van der Waals surface area contributed by atoms with E-state index in [1.165, 1.54) is 23.5 Å². The molecule has 5 rings (SSSR count). The summed E-state index contributed by atoms with van der Waals surface area (Å²) in [7, 11) is 0. The van der Waals surface area contributed by atoms with Gasteiger partial charge in [-0.2, -0.15) is 5.10 Å². The van der Waals surface area contributed by atoms with Crippen molar-refractivity contribution in [3.63, 3.8) is 0 Å². The Balaban J connectivity index is 1.40. The molecule has 6 nitrogen and oxygen atoms in total. The minimum absolute atomic E-state index is 0.0367. The highest BCUT2D eigenvalue weighted by Crippen LogP contribution is 2.27. The van der Waals surface area contributed by atoms with Gasteiger partial charge in [0, 0.05) is 48.7 Å². The Morgan fingerprint density at radius 2 is 2.20 bits per heavy atom. The fourth-order valence-electron chi connectivity index (χ4n) is 4.15. The van der Waals surface area contributed by atoms with E-state index >= 15 is 0 Å². The fourth-order valence-corrected chi connectivity index (χ4v) is 5.00. The van der Waals surface area contributed by atoms with Gasteiger partial charge in [-0.15, -0.1) is 11.3 Å². The maximum absolute atomic E-state index is 13.6. The molecule has 30 heavy (non-hydrogen) atoms. The predicted molar refractivity (Wildman–Crippen MR) is 114 cm³/mol. The highest BCUT2D eigenvalue weighted by molar-refractivity contribution is 7.15. The summed E-state index contributed by atoms with van der Waals surface area (Å²) in [6.07, 6.45) is 9.63. The summed E-state index contributed by atoms with van der Waals surface area (Å²) in [5.74, 6) is -0.261. The summed E-state index contributed by atoms with van der Waals surface area (Å²) < 4.78 is 17.4. The van der Waals surface area contributed by atoms with Gasteiger partial charge in [0.05, 0.1) is 5.69 Å². The van der Waals surface area contributed by atoms with Crippen LogP contribution in [0, 0.1) is 5.82 Å².